The first-order valence-corrected chi connectivity index (χ1v) is 9.75. The van der Waals surface area contributed by atoms with Gasteiger partial charge in [0, 0.05) is 13.1 Å². The van der Waals surface area contributed by atoms with Gasteiger partial charge in [0.15, 0.2) is 0 Å². The number of benzene rings is 1. The highest BCUT2D eigenvalue weighted by atomic mass is 32.2. The van der Waals surface area contributed by atoms with Crippen LogP contribution >= 0.6 is 0 Å². The third-order valence-electron chi connectivity index (χ3n) is 3.64. The van der Waals surface area contributed by atoms with E-state index in [1.165, 1.54) is 0 Å². The molecule has 24 heavy (non-hydrogen) atoms. The predicted octanol–water partition coefficient (Wildman–Crippen LogP) is 3.82. The van der Waals surface area contributed by atoms with E-state index < -0.39 is 10.0 Å². The zero-order valence-corrected chi connectivity index (χ0v) is 15.3. The van der Waals surface area contributed by atoms with Crippen LogP contribution in [0.5, 0.6) is 0 Å². The minimum absolute atomic E-state index is 0.246. The maximum atomic E-state index is 12.4. The SMILES string of the molecule is CCCN(CCC)c1ccc(NS(=O)(=O)c2ccc(C)cc2)cn1. The Morgan fingerprint density at radius 3 is 2.12 bits per heavy atom. The summed E-state index contributed by atoms with van der Waals surface area (Å²) in [6, 6.07) is 10.4. The molecule has 0 radical (unpaired) electrons. The molecule has 2 aromatic rings. The average Bonchev–Trinajstić information content (AvgIpc) is 2.55. The first-order valence-electron chi connectivity index (χ1n) is 8.26. The number of nitrogens with zero attached hydrogens (tertiary/aromatic N) is 2. The molecule has 6 heteroatoms. The molecular formula is C18H25N3O2S. The fourth-order valence-corrected chi connectivity index (χ4v) is 3.49. The van der Waals surface area contributed by atoms with Gasteiger partial charge in [-0.3, -0.25) is 4.72 Å². The summed E-state index contributed by atoms with van der Waals surface area (Å²) in [6.45, 7) is 8.06. The third kappa shape index (κ3) is 4.71. The molecule has 0 saturated heterocycles. The van der Waals surface area contributed by atoms with Crippen molar-refractivity contribution in [3.63, 3.8) is 0 Å². The van der Waals surface area contributed by atoms with Crippen molar-refractivity contribution in [2.45, 2.75) is 38.5 Å². The maximum absolute atomic E-state index is 12.4. The van der Waals surface area contributed by atoms with Crippen molar-refractivity contribution in [1.82, 2.24) is 4.98 Å². The van der Waals surface area contributed by atoms with Crippen molar-refractivity contribution < 1.29 is 8.42 Å². The highest BCUT2D eigenvalue weighted by Crippen LogP contribution is 2.19. The topological polar surface area (TPSA) is 62.3 Å². The minimum atomic E-state index is -3.59. The molecule has 1 aromatic heterocycles. The smallest absolute Gasteiger partial charge is 0.261 e. The van der Waals surface area contributed by atoms with Crippen LogP contribution in [0.2, 0.25) is 0 Å². The van der Waals surface area contributed by atoms with Crippen molar-refractivity contribution in [3.05, 3.63) is 48.2 Å². The summed E-state index contributed by atoms with van der Waals surface area (Å²) in [7, 11) is -3.59. The standard InChI is InChI=1S/C18H25N3O2S/c1-4-12-21(13-5-2)18-11-8-16(14-19-18)20-24(22,23)17-9-6-15(3)7-10-17/h6-11,14,20H,4-5,12-13H2,1-3H3. The van der Waals surface area contributed by atoms with Crippen molar-refractivity contribution in [1.29, 1.82) is 0 Å². The average molecular weight is 347 g/mol. The Hall–Kier alpha value is -2.08. The molecule has 0 aliphatic rings. The fraction of sp³-hybridized carbons (Fsp3) is 0.389. The second-order valence-electron chi connectivity index (χ2n) is 5.81. The van der Waals surface area contributed by atoms with Gasteiger partial charge in [0.2, 0.25) is 0 Å². The highest BCUT2D eigenvalue weighted by molar-refractivity contribution is 7.92. The number of hydrogen-bond donors (Lipinski definition) is 1. The summed E-state index contributed by atoms with van der Waals surface area (Å²) >= 11 is 0. The molecule has 130 valence electrons. The molecule has 1 heterocycles. The molecule has 0 amide bonds. The number of nitrogens with one attached hydrogen (secondary N) is 1. The Bertz CT molecular complexity index is 735. The number of hydrogen-bond acceptors (Lipinski definition) is 4. The number of anilines is 2. The Morgan fingerprint density at radius 1 is 1.00 bits per heavy atom. The van der Waals surface area contributed by atoms with Gasteiger partial charge in [-0.1, -0.05) is 31.5 Å². The second-order valence-corrected chi connectivity index (χ2v) is 7.49. The van der Waals surface area contributed by atoms with Crippen LogP contribution < -0.4 is 9.62 Å². The van der Waals surface area contributed by atoms with Gasteiger partial charge in [-0.2, -0.15) is 0 Å². The van der Waals surface area contributed by atoms with Gasteiger partial charge >= 0.3 is 0 Å². The predicted molar refractivity (Wildman–Crippen MR) is 99.0 cm³/mol. The zero-order valence-electron chi connectivity index (χ0n) is 14.5. The molecule has 0 bridgehead atoms. The Morgan fingerprint density at radius 2 is 1.62 bits per heavy atom. The lowest BCUT2D eigenvalue weighted by Crippen LogP contribution is -2.25. The Kier molecular flexibility index (Phi) is 6.20. The molecule has 0 aliphatic heterocycles. The van der Waals surface area contributed by atoms with E-state index in [0.717, 1.165) is 37.3 Å². The minimum Gasteiger partial charge on any atom is -0.357 e. The lowest BCUT2D eigenvalue weighted by atomic mass is 10.2. The third-order valence-corrected chi connectivity index (χ3v) is 5.04. The summed E-state index contributed by atoms with van der Waals surface area (Å²) in [4.78, 5) is 6.86. The van der Waals surface area contributed by atoms with E-state index in [1.54, 1.807) is 36.5 Å². The molecule has 1 aromatic carbocycles. The van der Waals surface area contributed by atoms with E-state index in [-0.39, 0.29) is 4.90 Å². The quantitative estimate of drug-likeness (QED) is 0.788. The zero-order chi connectivity index (χ0) is 17.6. The maximum Gasteiger partial charge on any atom is 0.261 e. The Balaban J connectivity index is 2.14. The van der Waals surface area contributed by atoms with Crippen molar-refractivity contribution in [2.24, 2.45) is 0 Å². The number of aromatic nitrogens is 1. The van der Waals surface area contributed by atoms with Gasteiger partial charge in [0.1, 0.15) is 5.82 Å². The molecule has 0 aliphatic carbocycles. The highest BCUT2D eigenvalue weighted by Gasteiger charge is 2.14. The second kappa shape index (κ2) is 8.15. The van der Waals surface area contributed by atoms with Crippen LogP contribution in [-0.2, 0) is 10.0 Å². The van der Waals surface area contributed by atoms with Gasteiger partial charge in [0.25, 0.3) is 10.0 Å². The number of rotatable bonds is 8. The van der Waals surface area contributed by atoms with E-state index in [4.69, 9.17) is 0 Å². The largest absolute Gasteiger partial charge is 0.357 e. The van der Waals surface area contributed by atoms with E-state index in [0.29, 0.717) is 5.69 Å². The summed E-state index contributed by atoms with van der Waals surface area (Å²) in [5, 5.41) is 0. The van der Waals surface area contributed by atoms with E-state index >= 15 is 0 Å². The molecule has 2 rings (SSSR count). The van der Waals surface area contributed by atoms with Gasteiger partial charge in [0.05, 0.1) is 16.8 Å². The molecule has 5 nitrogen and oxygen atoms in total. The summed E-state index contributed by atoms with van der Waals surface area (Å²) in [6.07, 6.45) is 3.66. The van der Waals surface area contributed by atoms with E-state index in [1.807, 2.05) is 13.0 Å². The number of sulfonamides is 1. The van der Waals surface area contributed by atoms with E-state index in [2.05, 4.69) is 28.5 Å². The van der Waals surface area contributed by atoms with Crippen LogP contribution in [0.1, 0.15) is 32.3 Å². The first-order chi connectivity index (χ1) is 11.5. The molecule has 0 atom stereocenters. The number of pyridine rings is 1. The lowest BCUT2D eigenvalue weighted by molar-refractivity contribution is 0.601. The molecule has 0 saturated carbocycles. The molecule has 1 N–H and O–H groups in total. The van der Waals surface area contributed by atoms with Crippen molar-refractivity contribution >= 4 is 21.5 Å². The van der Waals surface area contributed by atoms with Crippen molar-refractivity contribution in [2.75, 3.05) is 22.7 Å². The summed E-state index contributed by atoms with van der Waals surface area (Å²) in [5.74, 6) is 0.872. The fourth-order valence-electron chi connectivity index (χ4n) is 2.45. The van der Waals surface area contributed by atoms with Gasteiger partial charge < -0.3 is 4.90 Å². The van der Waals surface area contributed by atoms with Gasteiger partial charge in [-0.15, -0.1) is 0 Å². The molecule has 0 fully saturated rings. The van der Waals surface area contributed by atoms with Crippen molar-refractivity contribution in [3.8, 4) is 0 Å². The van der Waals surface area contributed by atoms with Crippen LogP contribution in [0, 0.1) is 6.92 Å². The summed E-state index contributed by atoms with van der Waals surface area (Å²) < 4.78 is 27.4. The van der Waals surface area contributed by atoms with Crippen LogP contribution in [0.3, 0.4) is 0 Å². The first kappa shape index (κ1) is 18.3. The van der Waals surface area contributed by atoms with E-state index in [9.17, 15) is 8.42 Å². The number of aryl methyl sites for hydroxylation is 1. The lowest BCUT2D eigenvalue weighted by Gasteiger charge is -2.22. The normalized spacial score (nSPS) is 11.3. The van der Waals surface area contributed by atoms with Crippen LogP contribution in [0.4, 0.5) is 11.5 Å². The van der Waals surface area contributed by atoms with Crippen LogP contribution in [0.15, 0.2) is 47.5 Å². The van der Waals surface area contributed by atoms with Gasteiger partial charge in [-0.05, 0) is 44.0 Å². The Labute approximate surface area is 144 Å². The van der Waals surface area contributed by atoms with Crippen LogP contribution in [0.25, 0.3) is 0 Å². The van der Waals surface area contributed by atoms with Gasteiger partial charge in [-0.25, -0.2) is 13.4 Å². The molecular weight excluding hydrogens is 322 g/mol. The van der Waals surface area contributed by atoms with Crippen LogP contribution in [-0.4, -0.2) is 26.5 Å². The monoisotopic (exact) mass is 347 g/mol. The molecule has 0 unspecified atom stereocenters. The molecule has 0 spiro atoms. The summed E-state index contributed by atoms with van der Waals surface area (Å²) in [5.41, 5.74) is 1.49.